The number of amides is 1. The van der Waals surface area contributed by atoms with Crippen LogP contribution in [0.4, 0.5) is 0 Å². The molecule has 6 nitrogen and oxygen atoms in total. The van der Waals surface area contributed by atoms with Crippen molar-refractivity contribution in [2.24, 2.45) is 0 Å². The van der Waals surface area contributed by atoms with Crippen molar-refractivity contribution >= 4 is 5.91 Å². The van der Waals surface area contributed by atoms with Crippen molar-refractivity contribution in [1.29, 1.82) is 0 Å². The van der Waals surface area contributed by atoms with Gasteiger partial charge < -0.3 is 19.5 Å². The molecule has 2 aromatic carbocycles. The lowest BCUT2D eigenvalue weighted by molar-refractivity contribution is 0.0349. The van der Waals surface area contributed by atoms with Crippen LogP contribution in [0.25, 0.3) is 0 Å². The van der Waals surface area contributed by atoms with Crippen LogP contribution in [0.15, 0.2) is 72.8 Å². The lowest BCUT2D eigenvalue weighted by Crippen LogP contribution is -2.33. The summed E-state index contributed by atoms with van der Waals surface area (Å²) >= 11 is 0. The lowest BCUT2D eigenvalue weighted by Gasteiger charge is -2.22. The molecule has 3 aromatic rings. The number of rotatable bonds is 6. The fourth-order valence-electron chi connectivity index (χ4n) is 3.92. The van der Waals surface area contributed by atoms with Gasteiger partial charge in [-0.15, -0.1) is 0 Å². The standard InChI is InChI=1S/C26H28N2O4/c1-31-21-10-6-11-22(18-21)32-25-14-16-28(15-13-24(25)29)26(30)23-12-5-9-20(27-23)17-19-7-3-2-4-8-19/h2-12,18,24-25,29H,13-17H2,1H3/t24-,25-/m0/s1. The topological polar surface area (TPSA) is 71.9 Å². The van der Waals surface area contributed by atoms with Crippen molar-refractivity contribution in [3.05, 3.63) is 89.7 Å². The Balaban J connectivity index is 1.41. The number of hydrogen-bond donors (Lipinski definition) is 1. The maximum atomic E-state index is 13.1. The minimum atomic E-state index is -0.656. The molecular formula is C26H28N2O4. The third-order valence-electron chi connectivity index (χ3n) is 5.68. The van der Waals surface area contributed by atoms with Crippen LogP contribution in [0.1, 0.15) is 34.6 Å². The number of carbonyl (C=O) groups excluding carboxylic acids is 1. The van der Waals surface area contributed by atoms with E-state index in [1.807, 2.05) is 48.5 Å². The molecular weight excluding hydrogens is 404 g/mol. The molecule has 1 aliphatic rings. The van der Waals surface area contributed by atoms with Crippen molar-refractivity contribution in [3.63, 3.8) is 0 Å². The second kappa shape index (κ2) is 10.3. The molecule has 2 atom stereocenters. The van der Waals surface area contributed by atoms with Gasteiger partial charge in [-0.1, -0.05) is 42.5 Å². The van der Waals surface area contributed by atoms with E-state index in [1.54, 1.807) is 24.1 Å². The molecule has 1 N–H and O–H groups in total. The van der Waals surface area contributed by atoms with Gasteiger partial charge in [0.1, 0.15) is 23.3 Å². The van der Waals surface area contributed by atoms with Gasteiger partial charge in [0.25, 0.3) is 5.91 Å². The fraction of sp³-hybridized carbons (Fsp3) is 0.308. The molecule has 1 aliphatic heterocycles. The number of carbonyl (C=O) groups is 1. The van der Waals surface area contributed by atoms with Crippen molar-refractivity contribution in [1.82, 2.24) is 9.88 Å². The molecule has 4 rings (SSSR count). The first-order valence-corrected chi connectivity index (χ1v) is 10.9. The zero-order chi connectivity index (χ0) is 22.3. The Bertz CT molecular complexity index is 1040. The predicted molar refractivity (Wildman–Crippen MR) is 122 cm³/mol. The molecule has 1 amide bonds. The molecule has 0 radical (unpaired) electrons. The zero-order valence-electron chi connectivity index (χ0n) is 18.2. The predicted octanol–water partition coefficient (Wildman–Crippen LogP) is 3.73. The Hall–Kier alpha value is -3.38. The highest BCUT2D eigenvalue weighted by atomic mass is 16.5. The van der Waals surface area contributed by atoms with Gasteiger partial charge in [0, 0.05) is 37.7 Å². The van der Waals surface area contributed by atoms with E-state index in [1.165, 1.54) is 0 Å². The SMILES string of the molecule is COc1cccc(O[C@H]2CCN(C(=O)c3cccc(Cc4ccccc4)n3)CC[C@@H]2O)c1. The van der Waals surface area contributed by atoms with Crippen molar-refractivity contribution in [2.45, 2.75) is 31.5 Å². The molecule has 0 bridgehead atoms. The van der Waals surface area contributed by atoms with Crippen molar-refractivity contribution in [2.75, 3.05) is 20.2 Å². The average Bonchev–Trinajstić information content (AvgIpc) is 3.01. The number of aromatic nitrogens is 1. The van der Waals surface area contributed by atoms with Crippen molar-refractivity contribution in [3.8, 4) is 11.5 Å². The Morgan fingerprint density at radius 3 is 2.56 bits per heavy atom. The van der Waals surface area contributed by atoms with E-state index < -0.39 is 12.2 Å². The Morgan fingerprint density at radius 1 is 1.00 bits per heavy atom. The summed E-state index contributed by atoms with van der Waals surface area (Å²) in [4.78, 5) is 19.5. The summed E-state index contributed by atoms with van der Waals surface area (Å²) in [6.07, 6.45) is 0.614. The number of benzene rings is 2. The zero-order valence-corrected chi connectivity index (χ0v) is 18.2. The molecule has 0 saturated carbocycles. The van der Waals surface area contributed by atoms with Gasteiger partial charge in [-0.3, -0.25) is 4.79 Å². The van der Waals surface area contributed by atoms with Gasteiger partial charge in [0.05, 0.1) is 13.2 Å². The van der Waals surface area contributed by atoms with E-state index in [0.29, 0.717) is 49.5 Å². The van der Waals surface area contributed by atoms with E-state index in [-0.39, 0.29) is 5.91 Å². The van der Waals surface area contributed by atoms with Crippen LogP contribution in [0, 0.1) is 0 Å². The number of aliphatic hydroxyl groups is 1. The molecule has 2 heterocycles. The highest BCUT2D eigenvalue weighted by molar-refractivity contribution is 5.92. The van der Waals surface area contributed by atoms with E-state index in [9.17, 15) is 9.90 Å². The summed E-state index contributed by atoms with van der Waals surface area (Å²) in [5.74, 6) is 1.22. The van der Waals surface area contributed by atoms with Crippen LogP contribution in [0.2, 0.25) is 0 Å². The van der Waals surface area contributed by atoms with E-state index in [2.05, 4.69) is 17.1 Å². The Labute approximate surface area is 188 Å². The van der Waals surface area contributed by atoms with Gasteiger partial charge in [-0.05, 0) is 36.2 Å². The number of aliphatic hydroxyl groups excluding tert-OH is 1. The molecule has 0 aliphatic carbocycles. The molecule has 0 spiro atoms. The van der Waals surface area contributed by atoms with Crippen molar-refractivity contribution < 1.29 is 19.4 Å². The molecule has 6 heteroatoms. The summed E-state index contributed by atoms with van der Waals surface area (Å²) in [6, 6.07) is 23.0. The quantitative estimate of drug-likeness (QED) is 0.643. The summed E-state index contributed by atoms with van der Waals surface area (Å²) in [6.45, 7) is 0.956. The summed E-state index contributed by atoms with van der Waals surface area (Å²) in [5, 5.41) is 10.6. The number of nitrogens with zero attached hydrogens (tertiary/aromatic N) is 2. The normalized spacial score (nSPS) is 18.6. The summed E-state index contributed by atoms with van der Waals surface area (Å²) in [7, 11) is 1.60. The monoisotopic (exact) mass is 432 g/mol. The van der Waals surface area contributed by atoms with Gasteiger partial charge in [0.2, 0.25) is 0 Å². The first-order valence-electron chi connectivity index (χ1n) is 10.9. The van der Waals surface area contributed by atoms with E-state index in [4.69, 9.17) is 9.47 Å². The number of hydrogen-bond acceptors (Lipinski definition) is 5. The van der Waals surface area contributed by atoms with E-state index in [0.717, 1.165) is 11.3 Å². The molecule has 1 saturated heterocycles. The van der Waals surface area contributed by atoms with Crippen LogP contribution in [-0.4, -0.2) is 53.3 Å². The van der Waals surface area contributed by atoms with Crippen LogP contribution < -0.4 is 9.47 Å². The largest absolute Gasteiger partial charge is 0.497 e. The summed E-state index contributed by atoms with van der Waals surface area (Å²) < 4.78 is 11.3. The minimum absolute atomic E-state index is 0.117. The third kappa shape index (κ3) is 5.45. The number of ether oxygens (including phenoxy) is 2. The molecule has 0 unspecified atom stereocenters. The fourth-order valence-corrected chi connectivity index (χ4v) is 3.92. The van der Waals surface area contributed by atoms with Crippen LogP contribution in [0.3, 0.4) is 0 Å². The maximum absolute atomic E-state index is 13.1. The number of likely N-dealkylation sites (tertiary alicyclic amines) is 1. The maximum Gasteiger partial charge on any atom is 0.272 e. The summed E-state index contributed by atoms with van der Waals surface area (Å²) in [5.41, 5.74) is 2.44. The molecule has 32 heavy (non-hydrogen) atoms. The van der Waals surface area contributed by atoms with Gasteiger partial charge in [-0.25, -0.2) is 4.98 Å². The second-order valence-corrected chi connectivity index (χ2v) is 7.95. The van der Waals surface area contributed by atoms with Gasteiger partial charge in [0.15, 0.2) is 0 Å². The number of pyridine rings is 1. The average molecular weight is 433 g/mol. The minimum Gasteiger partial charge on any atom is -0.497 e. The molecule has 1 aromatic heterocycles. The molecule has 1 fully saturated rings. The van der Waals surface area contributed by atoms with Gasteiger partial charge >= 0.3 is 0 Å². The lowest BCUT2D eigenvalue weighted by atomic mass is 10.1. The Kier molecular flexibility index (Phi) is 7.02. The molecule has 166 valence electrons. The van der Waals surface area contributed by atoms with Crippen LogP contribution in [0.5, 0.6) is 11.5 Å². The van der Waals surface area contributed by atoms with Crippen LogP contribution in [-0.2, 0) is 6.42 Å². The first-order chi connectivity index (χ1) is 15.6. The smallest absolute Gasteiger partial charge is 0.272 e. The first kappa shape index (κ1) is 21.8. The highest BCUT2D eigenvalue weighted by Gasteiger charge is 2.29. The second-order valence-electron chi connectivity index (χ2n) is 7.95. The number of methoxy groups -OCH3 is 1. The highest BCUT2D eigenvalue weighted by Crippen LogP contribution is 2.24. The van der Waals surface area contributed by atoms with Crippen LogP contribution >= 0.6 is 0 Å². The van der Waals surface area contributed by atoms with Gasteiger partial charge in [-0.2, -0.15) is 0 Å². The Morgan fingerprint density at radius 2 is 1.75 bits per heavy atom. The third-order valence-corrected chi connectivity index (χ3v) is 5.68. The van der Waals surface area contributed by atoms with E-state index >= 15 is 0 Å².